The number of nitrogens with two attached hydrogens (primary N) is 1. The monoisotopic (exact) mass is 312 g/mol. The Kier molecular flexibility index (Phi) is 6.54. The molecule has 0 heterocycles. The molecule has 0 aliphatic rings. The molecule has 0 atom stereocenters. The number of carboxylic acid groups (broad SMARTS) is 1. The van der Waals surface area contributed by atoms with E-state index in [9.17, 15) is 14.4 Å². The lowest BCUT2D eigenvalue weighted by molar-refractivity contribution is -0.116. The molecule has 0 fully saturated rings. The molecular weight excluding hydrogens is 296 g/mol. The van der Waals surface area contributed by atoms with Gasteiger partial charge in [-0.05, 0) is 18.2 Å². The van der Waals surface area contributed by atoms with Crippen LogP contribution in [0.4, 0.5) is 5.69 Å². The van der Waals surface area contributed by atoms with Crippen LogP contribution in [0.2, 0.25) is 0 Å². The molecular formula is C13H16N2O5S. The number of thioether (sulfide) groups is 1. The van der Waals surface area contributed by atoms with Crippen molar-refractivity contribution < 1.29 is 24.2 Å². The second-order valence-electron chi connectivity index (χ2n) is 4.03. The van der Waals surface area contributed by atoms with Crippen LogP contribution < -0.4 is 15.8 Å². The van der Waals surface area contributed by atoms with Gasteiger partial charge in [-0.25, -0.2) is 4.79 Å². The fourth-order valence-corrected chi connectivity index (χ4v) is 2.16. The number of hydrogen-bond acceptors (Lipinski definition) is 5. The first-order valence-electron chi connectivity index (χ1n) is 6.01. The maximum Gasteiger partial charge on any atom is 0.337 e. The smallest absolute Gasteiger partial charge is 0.337 e. The number of carbonyl (C=O) groups is 3. The Morgan fingerprint density at radius 2 is 2.10 bits per heavy atom. The summed E-state index contributed by atoms with van der Waals surface area (Å²) in [7, 11) is 1.43. The molecule has 1 aromatic rings. The molecule has 1 aromatic carbocycles. The lowest BCUT2D eigenvalue weighted by Gasteiger charge is -2.10. The van der Waals surface area contributed by atoms with E-state index in [1.807, 2.05) is 0 Å². The number of primary amides is 1. The van der Waals surface area contributed by atoms with E-state index >= 15 is 0 Å². The van der Waals surface area contributed by atoms with E-state index in [-0.39, 0.29) is 29.3 Å². The second kappa shape index (κ2) is 8.15. The van der Waals surface area contributed by atoms with Crippen molar-refractivity contribution in [1.29, 1.82) is 0 Å². The number of methoxy groups -OCH3 is 1. The van der Waals surface area contributed by atoms with E-state index in [0.717, 1.165) is 0 Å². The van der Waals surface area contributed by atoms with Gasteiger partial charge in [-0.15, -0.1) is 0 Å². The summed E-state index contributed by atoms with van der Waals surface area (Å²) in [4.78, 5) is 33.4. The first-order valence-corrected chi connectivity index (χ1v) is 7.16. The number of carbonyl (C=O) groups excluding carboxylic acids is 2. The summed E-state index contributed by atoms with van der Waals surface area (Å²) in [6.45, 7) is 0. The van der Waals surface area contributed by atoms with Crippen LogP contribution in [0.25, 0.3) is 0 Å². The van der Waals surface area contributed by atoms with E-state index in [2.05, 4.69) is 5.32 Å². The highest BCUT2D eigenvalue weighted by Gasteiger charge is 2.13. The molecule has 0 unspecified atom stereocenters. The molecule has 0 aromatic heterocycles. The van der Waals surface area contributed by atoms with Gasteiger partial charge in [0.2, 0.25) is 11.8 Å². The van der Waals surface area contributed by atoms with Gasteiger partial charge in [0, 0.05) is 12.2 Å². The van der Waals surface area contributed by atoms with Crippen LogP contribution in [0.5, 0.6) is 5.75 Å². The number of anilines is 1. The fourth-order valence-electron chi connectivity index (χ4n) is 1.49. The predicted molar refractivity (Wildman–Crippen MR) is 79.7 cm³/mol. The van der Waals surface area contributed by atoms with Gasteiger partial charge in [-0.3, -0.25) is 9.59 Å². The van der Waals surface area contributed by atoms with Crippen LogP contribution >= 0.6 is 11.8 Å². The number of nitrogens with one attached hydrogen (secondary N) is 1. The molecule has 4 N–H and O–H groups in total. The van der Waals surface area contributed by atoms with E-state index in [0.29, 0.717) is 11.5 Å². The molecule has 0 aliphatic carbocycles. The number of aromatic carboxylic acids is 1. The first kappa shape index (κ1) is 16.8. The van der Waals surface area contributed by atoms with Gasteiger partial charge < -0.3 is 20.9 Å². The van der Waals surface area contributed by atoms with Gasteiger partial charge in [0.15, 0.2) is 0 Å². The van der Waals surface area contributed by atoms with Crippen molar-refractivity contribution in [2.24, 2.45) is 5.73 Å². The average Bonchev–Trinajstić information content (AvgIpc) is 2.43. The van der Waals surface area contributed by atoms with Crippen LogP contribution in [-0.2, 0) is 9.59 Å². The Labute approximate surface area is 125 Å². The number of carboxylic acids is 1. The highest BCUT2D eigenvalue weighted by atomic mass is 32.2. The number of amides is 2. The molecule has 0 saturated carbocycles. The number of ether oxygens (including phenoxy) is 1. The molecule has 21 heavy (non-hydrogen) atoms. The Morgan fingerprint density at radius 1 is 1.38 bits per heavy atom. The molecule has 8 heteroatoms. The molecule has 0 spiro atoms. The summed E-state index contributed by atoms with van der Waals surface area (Å²) < 4.78 is 4.94. The summed E-state index contributed by atoms with van der Waals surface area (Å²) in [6, 6.07) is 4.36. The molecule has 114 valence electrons. The zero-order valence-corrected chi connectivity index (χ0v) is 12.2. The SMILES string of the molecule is COc1ccc(NC(=O)CCSCC(N)=O)c(C(=O)O)c1. The molecule has 2 amide bonds. The van der Waals surface area contributed by atoms with Crippen LogP contribution in [-0.4, -0.2) is 41.5 Å². The third-order valence-corrected chi connectivity index (χ3v) is 3.43. The van der Waals surface area contributed by atoms with Gasteiger partial charge >= 0.3 is 5.97 Å². The maximum atomic E-state index is 11.7. The summed E-state index contributed by atoms with van der Waals surface area (Å²) in [5, 5.41) is 11.6. The normalized spacial score (nSPS) is 9.95. The standard InChI is InChI=1S/C13H16N2O5S/c1-20-8-2-3-10(9(6-8)13(18)19)15-12(17)4-5-21-7-11(14)16/h2-3,6H,4-5,7H2,1H3,(H2,14,16)(H,15,17)(H,18,19). The highest BCUT2D eigenvalue weighted by Crippen LogP contribution is 2.22. The number of rotatable bonds is 8. The van der Waals surface area contributed by atoms with Crippen LogP contribution in [0, 0.1) is 0 Å². The minimum Gasteiger partial charge on any atom is -0.497 e. The van der Waals surface area contributed by atoms with Crippen molar-refractivity contribution in [3.8, 4) is 5.75 Å². The van der Waals surface area contributed by atoms with Crippen molar-refractivity contribution in [2.45, 2.75) is 6.42 Å². The molecule has 0 radical (unpaired) electrons. The lowest BCUT2D eigenvalue weighted by Crippen LogP contribution is -2.17. The van der Waals surface area contributed by atoms with Gasteiger partial charge in [-0.2, -0.15) is 11.8 Å². The van der Waals surface area contributed by atoms with Crippen molar-refractivity contribution in [1.82, 2.24) is 0 Å². The van der Waals surface area contributed by atoms with Crippen LogP contribution in [0.1, 0.15) is 16.8 Å². The van der Waals surface area contributed by atoms with Crippen molar-refractivity contribution in [3.63, 3.8) is 0 Å². The summed E-state index contributed by atoms with van der Waals surface area (Å²) in [5.74, 6) is -0.971. The first-order chi connectivity index (χ1) is 9.93. The minimum absolute atomic E-state index is 0.0486. The van der Waals surface area contributed by atoms with E-state index in [1.54, 1.807) is 6.07 Å². The largest absolute Gasteiger partial charge is 0.497 e. The quantitative estimate of drug-likeness (QED) is 0.615. The van der Waals surface area contributed by atoms with Crippen LogP contribution in [0.15, 0.2) is 18.2 Å². The van der Waals surface area contributed by atoms with Crippen molar-refractivity contribution in [2.75, 3.05) is 23.9 Å². The zero-order chi connectivity index (χ0) is 15.8. The second-order valence-corrected chi connectivity index (χ2v) is 5.14. The molecule has 7 nitrogen and oxygen atoms in total. The van der Waals surface area contributed by atoms with Crippen molar-refractivity contribution >= 4 is 35.2 Å². The summed E-state index contributed by atoms with van der Waals surface area (Å²) in [5.41, 5.74) is 5.13. The van der Waals surface area contributed by atoms with Gasteiger partial charge in [-0.1, -0.05) is 0 Å². The minimum atomic E-state index is -1.16. The fraction of sp³-hybridized carbons (Fsp3) is 0.308. The number of benzene rings is 1. The van der Waals surface area contributed by atoms with E-state index in [1.165, 1.54) is 31.0 Å². The van der Waals surface area contributed by atoms with Gasteiger partial charge in [0.1, 0.15) is 5.75 Å². The Balaban J connectivity index is 2.63. The van der Waals surface area contributed by atoms with E-state index < -0.39 is 11.9 Å². The Hall–Kier alpha value is -2.22. The third-order valence-electron chi connectivity index (χ3n) is 2.45. The predicted octanol–water partition coefficient (Wildman–Crippen LogP) is 0.940. The van der Waals surface area contributed by atoms with Gasteiger partial charge in [0.25, 0.3) is 0 Å². The Bertz CT molecular complexity index is 547. The molecule has 1 rings (SSSR count). The van der Waals surface area contributed by atoms with Crippen molar-refractivity contribution in [3.05, 3.63) is 23.8 Å². The molecule has 0 aliphatic heterocycles. The highest BCUT2D eigenvalue weighted by molar-refractivity contribution is 7.99. The summed E-state index contributed by atoms with van der Waals surface area (Å²) in [6.07, 6.45) is 0.156. The molecule has 0 saturated heterocycles. The van der Waals surface area contributed by atoms with Gasteiger partial charge in [0.05, 0.1) is 24.1 Å². The maximum absolute atomic E-state index is 11.7. The van der Waals surface area contributed by atoms with E-state index in [4.69, 9.17) is 15.6 Å². The average molecular weight is 312 g/mol. The summed E-state index contributed by atoms with van der Waals surface area (Å²) >= 11 is 1.25. The lowest BCUT2D eigenvalue weighted by atomic mass is 10.1. The van der Waals surface area contributed by atoms with Crippen LogP contribution in [0.3, 0.4) is 0 Å². The Morgan fingerprint density at radius 3 is 2.67 bits per heavy atom. The molecule has 0 bridgehead atoms. The topological polar surface area (TPSA) is 119 Å². The third kappa shape index (κ3) is 5.74. The zero-order valence-electron chi connectivity index (χ0n) is 11.4. The number of hydrogen-bond donors (Lipinski definition) is 3.